The van der Waals surface area contributed by atoms with E-state index in [1.165, 1.54) is 64.9 Å². The fourth-order valence-corrected chi connectivity index (χ4v) is 7.35. The maximum atomic E-state index is 6.57. The second-order valence-corrected chi connectivity index (χ2v) is 17.7. The van der Waals surface area contributed by atoms with Gasteiger partial charge in [0, 0.05) is 0 Å². The van der Waals surface area contributed by atoms with Gasteiger partial charge in [-0.3, -0.25) is 0 Å². The van der Waals surface area contributed by atoms with Crippen LogP contribution in [-0.2, 0) is 4.43 Å². The van der Waals surface area contributed by atoms with Gasteiger partial charge in [0.2, 0.25) is 0 Å². The van der Waals surface area contributed by atoms with E-state index in [1.54, 1.807) is 0 Å². The zero-order valence-corrected chi connectivity index (χ0v) is 24.8. The van der Waals surface area contributed by atoms with Crippen molar-refractivity contribution in [3.8, 4) is 5.75 Å². The van der Waals surface area contributed by atoms with Crippen LogP contribution in [-0.4, -0.2) is 21.0 Å². The summed E-state index contributed by atoms with van der Waals surface area (Å²) in [6.07, 6.45) is 12.4. The number of benzene rings is 2. The van der Waals surface area contributed by atoms with Gasteiger partial charge in [0.1, 0.15) is 0 Å². The van der Waals surface area contributed by atoms with Gasteiger partial charge in [-0.25, -0.2) is 0 Å². The molecular weight excluding hydrogens is 535 g/mol. The molecule has 4 heteroatoms. The molecule has 2 aromatic carbocycles. The van der Waals surface area contributed by atoms with Crippen LogP contribution in [0.1, 0.15) is 71.6 Å². The molecular formula is C29H46IO2Si-. The van der Waals surface area contributed by atoms with Crippen LogP contribution in [0, 0.1) is 13.1 Å². The van der Waals surface area contributed by atoms with E-state index in [4.69, 9.17) is 9.16 Å². The van der Waals surface area contributed by atoms with Crippen molar-refractivity contribution in [1.82, 2.24) is 0 Å². The summed E-state index contributed by atoms with van der Waals surface area (Å²) in [6.45, 7) is 12.1. The molecule has 0 spiro atoms. The van der Waals surface area contributed by atoms with Crippen LogP contribution in [0.5, 0.6) is 5.75 Å². The van der Waals surface area contributed by atoms with E-state index in [2.05, 4.69) is 88.1 Å². The summed E-state index contributed by atoms with van der Waals surface area (Å²) in [5.41, 5.74) is 0. The average Bonchev–Trinajstić information content (AvgIpc) is 2.79. The normalized spacial score (nSPS) is 13.7. The Labute approximate surface area is 215 Å². The number of rotatable bonds is 17. The molecule has 0 aliphatic heterocycles. The van der Waals surface area contributed by atoms with Crippen molar-refractivity contribution >= 4 is 8.32 Å². The van der Waals surface area contributed by atoms with Gasteiger partial charge in [0.25, 0.3) is 0 Å². The van der Waals surface area contributed by atoms with Crippen molar-refractivity contribution in [3.63, 3.8) is 0 Å². The Balaban J connectivity index is 1.78. The molecule has 2 unspecified atom stereocenters. The number of unbranched alkanes of at least 4 members (excludes halogenated alkanes) is 7. The second kappa shape index (κ2) is 15.9. The molecule has 2 atom stereocenters. The number of ether oxygens (including phenoxy) is 1. The van der Waals surface area contributed by atoms with Crippen molar-refractivity contribution in [2.75, 3.05) is 6.61 Å². The first-order chi connectivity index (χ1) is 15.9. The summed E-state index contributed by atoms with van der Waals surface area (Å²) >= 11 is -0.127. The minimum atomic E-state index is -1.62. The Hall–Kier alpha value is -0.853. The van der Waals surface area contributed by atoms with Crippen molar-refractivity contribution in [3.05, 3.63) is 61.7 Å². The monoisotopic (exact) mass is 581 g/mol. The minimum absolute atomic E-state index is 0.127. The van der Waals surface area contributed by atoms with Crippen molar-refractivity contribution in [2.24, 2.45) is 5.92 Å². The molecule has 2 nitrogen and oxygen atoms in total. The third-order valence-corrected chi connectivity index (χ3v) is 9.53. The molecule has 0 amide bonds. The molecule has 0 radical (unpaired) electrons. The first kappa shape index (κ1) is 28.4. The van der Waals surface area contributed by atoms with Gasteiger partial charge in [0.05, 0.1) is 0 Å². The summed E-state index contributed by atoms with van der Waals surface area (Å²) in [5.74, 6) is 1.49. The molecule has 0 aliphatic carbocycles. The molecule has 2 rings (SSSR count). The topological polar surface area (TPSA) is 18.5 Å². The third kappa shape index (κ3) is 13.0. The fourth-order valence-electron chi connectivity index (χ4n) is 3.93. The van der Waals surface area contributed by atoms with Crippen LogP contribution < -0.4 is 25.9 Å². The molecule has 0 aromatic heterocycles. The maximum absolute atomic E-state index is 6.57. The zero-order chi connectivity index (χ0) is 23.9. The summed E-state index contributed by atoms with van der Waals surface area (Å²) in [7, 11) is -1.62. The summed E-state index contributed by atoms with van der Waals surface area (Å²) < 4.78 is 15.7. The molecule has 0 heterocycles. The second-order valence-electron chi connectivity index (χ2n) is 10.2. The van der Waals surface area contributed by atoms with Gasteiger partial charge in [-0.15, -0.1) is 0 Å². The van der Waals surface area contributed by atoms with Gasteiger partial charge in [-0.1, -0.05) is 39.0 Å². The van der Waals surface area contributed by atoms with Crippen LogP contribution in [0.25, 0.3) is 0 Å². The summed E-state index contributed by atoms with van der Waals surface area (Å²) in [4.78, 5) is 0. The quantitative estimate of drug-likeness (QED) is 0.138. The van der Waals surface area contributed by atoms with Crippen LogP contribution in [0.15, 0.2) is 54.6 Å². The van der Waals surface area contributed by atoms with Gasteiger partial charge in [0.15, 0.2) is 0 Å². The SMILES string of the molecule is CCCCCCCCCCC(C)C(COc1ccc([I-]c2ccccc2)cc1)O[Si](C)(C)C. The summed E-state index contributed by atoms with van der Waals surface area (Å²) in [5, 5.41) is 0. The Morgan fingerprint density at radius 3 is 1.94 bits per heavy atom. The first-order valence-corrected chi connectivity index (χ1v) is 18.5. The number of hydrogen-bond donors (Lipinski definition) is 0. The van der Waals surface area contributed by atoms with E-state index in [9.17, 15) is 0 Å². The molecule has 2 aromatic rings. The van der Waals surface area contributed by atoms with E-state index < -0.39 is 8.32 Å². The van der Waals surface area contributed by atoms with Gasteiger partial charge < -0.3 is 0 Å². The Kier molecular flexibility index (Phi) is 13.7. The van der Waals surface area contributed by atoms with Crippen LogP contribution in [0.4, 0.5) is 0 Å². The molecule has 0 saturated heterocycles. The fraction of sp³-hybridized carbons (Fsp3) is 0.586. The zero-order valence-electron chi connectivity index (χ0n) is 21.6. The van der Waals surface area contributed by atoms with Crippen molar-refractivity contribution in [2.45, 2.75) is 97.4 Å². The molecule has 0 bridgehead atoms. The number of halogens is 1. The molecule has 0 aliphatic rings. The van der Waals surface area contributed by atoms with E-state index in [1.807, 2.05) is 0 Å². The van der Waals surface area contributed by atoms with E-state index in [0.29, 0.717) is 12.5 Å². The van der Waals surface area contributed by atoms with Crippen LogP contribution in [0.3, 0.4) is 0 Å². The van der Waals surface area contributed by atoms with E-state index in [0.717, 1.165) is 5.75 Å². The van der Waals surface area contributed by atoms with Gasteiger partial charge in [-0.05, 0) is 0 Å². The van der Waals surface area contributed by atoms with E-state index >= 15 is 0 Å². The van der Waals surface area contributed by atoms with Crippen LogP contribution in [0.2, 0.25) is 19.6 Å². The third-order valence-electron chi connectivity index (χ3n) is 5.83. The first-order valence-electron chi connectivity index (χ1n) is 13.0. The van der Waals surface area contributed by atoms with Gasteiger partial charge >= 0.3 is 177 Å². The Morgan fingerprint density at radius 2 is 1.33 bits per heavy atom. The Bertz CT molecular complexity index is 742. The molecule has 186 valence electrons. The summed E-state index contributed by atoms with van der Waals surface area (Å²) in [6, 6.07) is 19.5. The Morgan fingerprint density at radius 1 is 0.758 bits per heavy atom. The predicted octanol–water partition coefficient (Wildman–Crippen LogP) is 5.58. The molecule has 0 fully saturated rings. The van der Waals surface area contributed by atoms with Crippen molar-refractivity contribution < 1.29 is 30.4 Å². The molecule has 33 heavy (non-hydrogen) atoms. The average molecular weight is 582 g/mol. The van der Waals surface area contributed by atoms with E-state index in [-0.39, 0.29) is 27.3 Å². The van der Waals surface area contributed by atoms with Gasteiger partial charge in [-0.2, -0.15) is 0 Å². The standard InChI is InChI=1S/C29H46IO2Si/c1-6-7-8-9-10-11-12-14-17-25(2)29(32-33(3,4)5)24-31-28-22-20-27(21-23-28)30-26-18-15-13-16-19-26/h13,15-16,18-23,25,29H,6-12,14,17,24H2,1-5H3/q-1. The predicted molar refractivity (Wildman–Crippen MR) is 140 cm³/mol. The number of hydrogen-bond acceptors (Lipinski definition) is 2. The molecule has 0 N–H and O–H groups in total. The molecule has 0 saturated carbocycles. The van der Waals surface area contributed by atoms with Crippen molar-refractivity contribution in [1.29, 1.82) is 0 Å². The van der Waals surface area contributed by atoms with Crippen LogP contribution >= 0.6 is 0 Å².